The molecule has 2 aromatic rings. The van der Waals surface area contributed by atoms with Gasteiger partial charge in [-0.2, -0.15) is 5.10 Å². The zero-order chi connectivity index (χ0) is 17.7. The number of aromatic nitrogens is 4. The van der Waals surface area contributed by atoms with Gasteiger partial charge in [0.2, 0.25) is 0 Å². The van der Waals surface area contributed by atoms with Crippen LogP contribution in [0.1, 0.15) is 70.9 Å². The molecule has 136 valence electrons. The Morgan fingerprint density at radius 3 is 3.04 bits per heavy atom. The molecule has 1 aliphatic carbocycles. The van der Waals surface area contributed by atoms with Gasteiger partial charge in [-0.05, 0) is 31.7 Å². The molecule has 0 bridgehead atoms. The molecular formula is C19H24N6O. The number of hydrogen-bond acceptors (Lipinski definition) is 5. The van der Waals surface area contributed by atoms with E-state index in [9.17, 15) is 4.79 Å². The predicted octanol–water partition coefficient (Wildman–Crippen LogP) is 1.71. The minimum absolute atomic E-state index is 0.0260. The van der Waals surface area contributed by atoms with Crippen molar-refractivity contribution in [3.05, 3.63) is 40.7 Å². The molecule has 2 aromatic heterocycles. The lowest BCUT2D eigenvalue weighted by Gasteiger charge is -2.25. The summed E-state index contributed by atoms with van der Waals surface area (Å²) >= 11 is 0. The van der Waals surface area contributed by atoms with Crippen molar-refractivity contribution in [3.8, 4) is 0 Å². The average molecular weight is 352 g/mol. The zero-order valence-corrected chi connectivity index (χ0v) is 15.1. The minimum Gasteiger partial charge on any atom is -0.327 e. The number of rotatable bonds is 3. The van der Waals surface area contributed by atoms with Crippen LogP contribution in [-0.4, -0.2) is 43.6 Å². The fourth-order valence-electron chi connectivity index (χ4n) is 4.11. The van der Waals surface area contributed by atoms with E-state index in [2.05, 4.69) is 15.4 Å². The summed E-state index contributed by atoms with van der Waals surface area (Å²) in [6.07, 6.45) is 7.16. The van der Waals surface area contributed by atoms with E-state index in [1.54, 1.807) is 4.68 Å². The highest BCUT2D eigenvalue weighted by Crippen LogP contribution is 2.40. The molecule has 2 fully saturated rings. The first-order valence-corrected chi connectivity index (χ1v) is 9.61. The molecule has 0 radical (unpaired) electrons. The van der Waals surface area contributed by atoms with Gasteiger partial charge < -0.3 is 10.2 Å². The molecule has 3 aliphatic rings. The van der Waals surface area contributed by atoms with E-state index in [0.717, 1.165) is 56.1 Å². The Bertz CT molecular complexity index is 856. The normalized spacial score (nSPS) is 22.5. The predicted molar refractivity (Wildman–Crippen MR) is 95.6 cm³/mol. The van der Waals surface area contributed by atoms with Crippen molar-refractivity contribution in [2.45, 2.75) is 50.6 Å². The summed E-state index contributed by atoms with van der Waals surface area (Å²) in [6.45, 7) is 2.55. The van der Waals surface area contributed by atoms with Crippen LogP contribution in [0.25, 0.3) is 0 Å². The second-order valence-corrected chi connectivity index (χ2v) is 7.64. The van der Waals surface area contributed by atoms with E-state index in [1.807, 2.05) is 24.2 Å². The van der Waals surface area contributed by atoms with Crippen LogP contribution in [0.2, 0.25) is 0 Å². The molecule has 7 nitrogen and oxygen atoms in total. The third-order valence-electron chi connectivity index (χ3n) is 5.75. The second kappa shape index (κ2) is 6.16. The van der Waals surface area contributed by atoms with Gasteiger partial charge in [0, 0.05) is 56.5 Å². The first-order chi connectivity index (χ1) is 12.7. The smallest absolute Gasteiger partial charge is 0.272 e. The van der Waals surface area contributed by atoms with Crippen molar-refractivity contribution >= 4 is 5.91 Å². The summed E-state index contributed by atoms with van der Waals surface area (Å²) in [7, 11) is 1.87. The molecule has 4 heterocycles. The number of hydrogen-bond donors (Lipinski definition) is 1. The van der Waals surface area contributed by atoms with Crippen LogP contribution in [0.3, 0.4) is 0 Å². The van der Waals surface area contributed by atoms with Gasteiger partial charge in [0.05, 0.1) is 11.7 Å². The molecule has 0 spiro atoms. The fraction of sp³-hybridized carbons (Fsp3) is 0.579. The minimum atomic E-state index is -0.0260. The van der Waals surface area contributed by atoms with Crippen LogP contribution >= 0.6 is 0 Å². The van der Waals surface area contributed by atoms with E-state index in [4.69, 9.17) is 4.98 Å². The molecule has 2 aliphatic heterocycles. The summed E-state index contributed by atoms with van der Waals surface area (Å²) in [5.74, 6) is 1.40. The van der Waals surface area contributed by atoms with Gasteiger partial charge in [-0.1, -0.05) is 0 Å². The third kappa shape index (κ3) is 2.70. The summed E-state index contributed by atoms with van der Waals surface area (Å²) in [5.41, 5.74) is 4.05. The van der Waals surface area contributed by atoms with Crippen molar-refractivity contribution in [3.63, 3.8) is 0 Å². The number of amides is 1. The highest BCUT2D eigenvalue weighted by molar-refractivity contribution is 5.93. The highest BCUT2D eigenvalue weighted by Gasteiger charge is 2.35. The highest BCUT2D eigenvalue weighted by atomic mass is 16.2. The van der Waals surface area contributed by atoms with Crippen molar-refractivity contribution < 1.29 is 4.79 Å². The molecule has 1 atom stereocenters. The van der Waals surface area contributed by atoms with Crippen molar-refractivity contribution in [1.82, 2.24) is 30.0 Å². The van der Waals surface area contributed by atoms with Gasteiger partial charge in [-0.25, -0.2) is 9.97 Å². The Hall–Kier alpha value is -2.28. The number of nitrogens with one attached hydrogen (secondary N) is 1. The maximum atomic E-state index is 13.2. The Balaban J connectivity index is 1.42. The Morgan fingerprint density at radius 2 is 2.19 bits per heavy atom. The van der Waals surface area contributed by atoms with E-state index >= 15 is 0 Å². The summed E-state index contributed by atoms with van der Waals surface area (Å²) in [6, 6.07) is 1.95. The van der Waals surface area contributed by atoms with Gasteiger partial charge in [-0.15, -0.1) is 0 Å². The first kappa shape index (κ1) is 15.9. The van der Waals surface area contributed by atoms with Gasteiger partial charge >= 0.3 is 0 Å². The van der Waals surface area contributed by atoms with Crippen molar-refractivity contribution in [1.29, 1.82) is 0 Å². The van der Waals surface area contributed by atoms with E-state index in [0.29, 0.717) is 11.6 Å². The topological polar surface area (TPSA) is 75.9 Å². The molecule has 5 rings (SSSR count). The van der Waals surface area contributed by atoms with Gasteiger partial charge in [0.15, 0.2) is 5.82 Å². The molecular weight excluding hydrogens is 328 g/mol. The van der Waals surface area contributed by atoms with Crippen LogP contribution in [0.4, 0.5) is 0 Å². The molecule has 7 heteroatoms. The summed E-state index contributed by atoms with van der Waals surface area (Å²) in [4.78, 5) is 24.6. The average Bonchev–Trinajstić information content (AvgIpc) is 3.27. The fourth-order valence-corrected chi connectivity index (χ4v) is 4.11. The van der Waals surface area contributed by atoms with Crippen LogP contribution in [0, 0.1) is 0 Å². The summed E-state index contributed by atoms with van der Waals surface area (Å²) < 4.78 is 1.74. The first-order valence-electron chi connectivity index (χ1n) is 9.61. The van der Waals surface area contributed by atoms with E-state index in [1.165, 1.54) is 18.4 Å². The van der Waals surface area contributed by atoms with E-state index < -0.39 is 0 Å². The monoisotopic (exact) mass is 352 g/mol. The second-order valence-electron chi connectivity index (χ2n) is 7.64. The Morgan fingerprint density at radius 1 is 1.31 bits per heavy atom. The molecule has 26 heavy (non-hydrogen) atoms. The SMILES string of the molecule is Cn1nc(C2CC2)cc1C(=O)N1CCC[C@H]1c1ncc2c(n1)CCNC2. The number of nitrogens with zero attached hydrogens (tertiary/aromatic N) is 5. The Kier molecular flexibility index (Phi) is 3.77. The largest absolute Gasteiger partial charge is 0.327 e. The van der Waals surface area contributed by atoms with Crippen LogP contribution in [0.15, 0.2) is 12.3 Å². The number of carbonyl (C=O) groups excluding carboxylic acids is 1. The standard InChI is InChI=1S/C19H24N6O/c1-24-17(9-15(23-24)12-4-5-12)19(26)25-8-2-3-16(25)18-21-11-13-10-20-7-6-14(13)22-18/h9,11-12,16,20H,2-8,10H2,1H3/t16-/m0/s1. The lowest BCUT2D eigenvalue weighted by atomic mass is 10.1. The third-order valence-corrected chi connectivity index (χ3v) is 5.75. The molecule has 0 unspecified atom stereocenters. The van der Waals surface area contributed by atoms with Crippen LogP contribution in [-0.2, 0) is 20.0 Å². The molecule has 1 amide bonds. The lowest BCUT2D eigenvalue weighted by Crippen LogP contribution is -2.33. The Labute approximate surface area is 152 Å². The van der Waals surface area contributed by atoms with E-state index in [-0.39, 0.29) is 11.9 Å². The van der Waals surface area contributed by atoms with Gasteiger partial charge in [-0.3, -0.25) is 9.48 Å². The van der Waals surface area contributed by atoms with Crippen molar-refractivity contribution in [2.75, 3.05) is 13.1 Å². The number of aryl methyl sites for hydroxylation is 1. The summed E-state index contributed by atoms with van der Waals surface area (Å²) in [5, 5.41) is 7.90. The van der Waals surface area contributed by atoms with Gasteiger partial charge in [0.1, 0.15) is 5.69 Å². The molecule has 0 aromatic carbocycles. The zero-order valence-electron chi connectivity index (χ0n) is 15.1. The molecule has 1 saturated heterocycles. The lowest BCUT2D eigenvalue weighted by molar-refractivity contribution is 0.0718. The van der Waals surface area contributed by atoms with Crippen LogP contribution < -0.4 is 5.32 Å². The number of fused-ring (bicyclic) bond motifs is 1. The molecule has 1 saturated carbocycles. The maximum absolute atomic E-state index is 13.2. The van der Waals surface area contributed by atoms with Gasteiger partial charge in [0.25, 0.3) is 5.91 Å². The number of carbonyl (C=O) groups is 1. The van der Waals surface area contributed by atoms with Crippen LogP contribution in [0.5, 0.6) is 0 Å². The molecule has 1 N–H and O–H groups in total. The maximum Gasteiger partial charge on any atom is 0.272 e. The van der Waals surface area contributed by atoms with Crippen molar-refractivity contribution in [2.24, 2.45) is 7.05 Å². The quantitative estimate of drug-likeness (QED) is 0.910. The number of likely N-dealkylation sites (tertiary alicyclic amines) is 1.